The summed E-state index contributed by atoms with van der Waals surface area (Å²) in [5.41, 5.74) is 2.95. The summed E-state index contributed by atoms with van der Waals surface area (Å²) >= 11 is 3.51. The lowest BCUT2D eigenvalue weighted by Crippen LogP contribution is -2.45. The molecule has 5 nitrogen and oxygen atoms in total. The molecule has 0 aromatic heterocycles. The molecule has 1 atom stereocenters. The van der Waals surface area contributed by atoms with E-state index in [4.69, 9.17) is 4.74 Å². The van der Waals surface area contributed by atoms with Crippen molar-refractivity contribution in [2.24, 2.45) is 0 Å². The van der Waals surface area contributed by atoms with Crippen molar-refractivity contribution in [3.63, 3.8) is 0 Å². The number of rotatable bonds is 3. The van der Waals surface area contributed by atoms with Crippen molar-refractivity contribution in [3.8, 4) is 0 Å². The summed E-state index contributed by atoms with van der Waals surface area (Å²) in [6.07, 6.45) is 4.01. The lowest BCUT2D eigenvalue weighted by Gasteiger charge is -2.29. The van der Waals surface area contributed by atoms with Crippen molar-refractivity contribution in [2.45, 2.75) is 51.7 Å². The van der Waals surface area contributed by atoms with Gasteiger partial charge in [-0.05, 0) is 56.7 Å². The smallest absolute Gasteiger partial charge is 0.338 e. The number of amides is 2. The van der Waals surface area contributed by atoms with Crippen molar-refractivity contribution in [1.29, 1.82) is 0 Å². The van der Waals surface area contributed by atoms with E-state index in [-0.39, 0.29) is 18.1 Å². The third-order valence-corrected chi connectivity index (χ3v) is 5.45. The van der Waals surface area contributed by atoms with Crippen LogP contribution in [0, 0.1) is 6.92 Å². The van der Waals surface area contributed by atoms with Gasteiger partial charge in [0, 0.05) is 10.2 Å². The molecule has 0 bridgehead atoms. The Balaban J connectivity index is 1.92. The first-order valence-electron chi connectivity index (χ1n) is 8.21. The van der Waals surface area contributed by atoms with Crippen LogP contribution in [0.3, 0.4) is 0 Å². The van der Waals surface area contributed by atoms with Crippen LogP contribution in [0.5, 0.6) is 0 Å². The summed E-state index contributed by atoms with van der Waals surface area (Å²) < 4.78 is 6.60. The van der Waals surface area contributed by atoms with Crippen LogP contribution in [-0.2, 0) is 9.53 Å². The molecule has 1 aliphatic heterocycles. The van der Waals surface area contributed by atoms with E-state index < -0.39 is 6.04 Å². The third-order valence-electron chi connectivity index (χ3n) is 4.59. The number of esters is 1. The Morgan fingerprint density at radius 3 is 2.62 bits per heavy atom. The third kappa shape index (κ3) is 3.48. The lowest BCUT2D eigenvalue weighted by molar-refractivity contribution is -0.144. The molecule has 24 heavy (non-hydrogen) atoms. The van der Waals surface area contributed by atoms with Crippen LogP contribution in [0.2, 0.25) is 0 Å². The van der Waals surface area contributed by atoms with Crippen LogP contribution in [-0.4, -0.2) is 18.1 Å². The van der Waals surface area contributed by atoms with E-state index in [9.17, 15) is 9.59 Å². The van der Waals surface area contributed by atoms with Gasteiger partial charge in [0.1, 0.15) is 6.10 Å². The van der Waals surface area contributed by atoms with Crippen LogP contribution in [0.4, 0.5) is 4.79 Å². The Bertz CT molecular complexity index is 708. The van der Waals surface area contributed by atoms with Gasteiger partial charge in [0.25, 0.3) is 0 Å². The van der Waals surface area contributed by atoms with Gasteiger partial charge in [0.05, 0.1) is 11.6 Å². The molecular formula is C18H21BrN2O3. The molecule has 2 N–H and O–H groups in total. The minimum atomic E-state index is -0.510. The molecule has 6 heteroatoms. The number of hydrogen-bond acceptors (Lipinski definition) is 3. The van der Waals surface area contributed by atoms with Gasteiger partial charge in [-0.1, -0.05) is 28.1 Å². The number of halogens is 1. The minimum Gasteiger partial charge on any atom is -0.459 e. The summed E-state index contributed by atoms with van der Waals surface area (Å²) in [6.45, 7) is 3.73. The first-order valence-corrected chi connectivity index (χ1v) is 9.00. The molecule has 1 aromatic carbocycles. The number of carbonyl (C=O) groups excluding carboxylic acids is 2. The van der Waals surface area contributed by atoms with Crippen LogP contribution in [0.15, 0.2) is 33.9 Å². The molecule has 128 valence electrons. The molecule has 1 aromatic rings. The van der Waals surface area contributed by atoms with Gasteiger partial charge in [0.15, 0.2) is 0 Å². The predicted molar refractivity (Wildman–Crippen MR) is 94.3 cm³/mol. The van der Waals surface area contributed by atoms with E-state index >= 15 is 0 Å². The monoisotopic (exact) mass is 392 g/mol. The normalized spacial score (nSPS) is 21.5. The number of hydrogen-bond donors (Lipinski definition) is 2. The molecule has 2 amide bonds. The molecule has 1 fully saturated rings. The molecule has 1 heterocycles. The van der Waals surface area contributed by atoms with Gasteiger partial charge < -0.3 is 15.4 Å². The fourth-order valence-corrected chi connectivity index (χ4v) is 3.62. The van der Waals surface area contributed by atoms with Gasteiger partial charge in [0.2, 0.25) is 0 Å². The second kappa shape index (κ2) is 6.97. The average molecular weight is 393 g/mol. The Hall–Kier alpha value is -1.82. The molecule has 1 saturated carbocycles. The number of benzene rings is 1. The maximum absolute atomic E-state index is 12.7. The average Bonchev–Trinajstić information content (AvgIpc) is 3.02. The molecular weight excluding hydrogens is 372 g/mol. The predicted octanol–water partition coefficient (Wildman–Crippen LogP) is 3.87. The maximum Gasteiger partial charge on any atom is 0.338 e. The Kier molecular flexibility index (Phi) is 4.94. The summed E-state index contributed by atoms with van der Waals surface area (Å²) in [6, 6.07) is 4.99. The van der Waals surface area contributed by atoms with Crippen molar-refractivity contribution in [3.05, 3.63) is 45.1 Å². The van der Waals surface area contributed by atoms with Crippen LogP contribution < -0.4 is 10.6 Å². The Morgan fingerprint density at radius 2 is 1.96 bits per heavy atom. The van der Waals surface area contributed by atoms with Gasteiger partial charge >= 0.3 is 12.0 Å². The summed E-state index contributed by atoms with van der Waals surface area (Å²) in [5, 5.41) is 5.51. The highest BCUT2D eigenvalue weighted by molar-refractivity contribution is 9.10. The molecule has 0 radical (unpaired) electrons. The second-order valence-electron chi connectivity index (χ2n) is 6.39. The standard InChI is InChI=1S/C18H21BrN2O3/c1-10-7-8-12(9-14(10)19)16-15(11(2)20-18(23)21-16)17(22)24-13-5-3-4-6-13/h7-9,13,16H,3-6H2,1-2H3,(H2,20,21,23). The summed E-state index contributed by atoms with van der Waals surface area (Å²) in [4.78, 5) is 24.6. The number of aryl methyl sites for hydroxylation is 1. The zero-order chi connectivity index (χ0) is 17.3. The minimum absolute atomic E-state index is 0.0131. The summed E-state index contributed by atoms with van der Waals surface area (Å²) in [7, 11) is 0. The van der Waals surface area contributed by atoms with Crippen LogP contribution >= 0.6 is 15.9 Å². The number of urea groups is 1. The van der Waals surface area contributed by atoms with Gasteiger partial charge in [-0.2, -0.15) is 0 Å². The summed E-state index contributed by atoms with van der Waals surface area (Å²) in [5.74, 6) is -0.353. The molecule has 0 spiro atoms. The molecule has 3 rings (SSSR count). The zero-order valence-electron chi connectivity index (χ0n) is 13.8. The lowest BCUT2D eigenvalue weighted by atomic mass is 9.95. The molecule has 1 aliphatic carbocycles. The number of carbonyl (C=O) groups is 2. The van der Waals surface area contributed by atoms with E-state index in [0.717, 1.165) is 41.3 Å². The molecule has 2 aliphatic rings. The number of allylic oxidation sites excluding steroid dienone is 1. The van der Waals surface area contributed by atoms with Crippen molar-refractivity contribution < 1.29 is 14.3 Å². The number of ether oxygens (including phenoxy) is 1. The highest BCUT2D eigenvalue weighted by atomic mass is 79.9. The van der Waals surface area contributed by atoms with E-state index in [1.807, 2.05) is 25.1 Å². The van der Waals surface area contributed by atoms with Crippen LogP contribution in [0.25, 0.3) is 0 Å². The van der Waals surface area contributed by atoms with Gasteiger partial charge in [-0.15, -0.1) is 0 Å². The first kappa shape index (κ1) is 17.0. The topological polar surface area (TPSA) is 67.4 Å². The second-order valence-corrected chi connectivity index (χ2v) is 7.24. The Labute approximate surface area is 150 Å². The Morgan fingerprint density at radius 1 is 1.25 bits per heavy atom. The van der Waals surface area contributed by atoms with Gasteiger partial charge in [-0.3, -0.25) is 0 Å². The van der Waals surface area contributed by atoms with Crippen molar-refractivity contribution in [1.82, 2.24) is 10.6 Å². The highest BCUT2D eigenvalue weighted by Crippen LogP contribution is 2.31. The van der Waals surface area contributed by atoms with E-state index in [1.54, 1.807) is 6.92 Å². The van der Waals surface area contributed by atoms with E-state index in [1.165, 1.54) is 0 Å². The fraction of sp³-hybridized carbons (Fsp3) is 0.444. The van der Waals surface area contributed by atoms with Crippen molar-refractivity contribution in [2.75, 3.05) is 0 Å². The van der Waals surface area contributed by atoms with E-state index in [0.29, 0.717) is 11.3 Å². The zero-order valence-corrected chi connectivity index (χ0v) is 15.4. The quantitative estimate of drug-likeness (QED) is 0.767. The maximum atomic E-state index is 12.7. The van der Waals surface area contributed by atoms with Gasteiger partial charge in [-0.25, -0.2) is 9.59 Å². The highest BCUT2D eigenvalue weighted by Gasteiger charge is 2.34. The van der Waals surface area contributed by atoms with Crippen LogP contribution in [0.1, 0.15) is 49.8 Å². The SMILES string of the molecule is CC1=C(C(=O)OC2CCCC2)C(c2ccc(C)c(Br)c2)NC(=O)N1. The molecule has 1 unspecified atom stereocenters. The first-order chi connectivity index (χ1) is 11.5. The number of nitrogens with one attached hydrogen (secondary N) is 2. The molecule has 0 saturated heterocycles. The van der Waals surface area contributed by atoms with E-state index in [2.05, 4.69) is 26.6 Å². The van der Waals surface area contributed by atoms with Crippen molar-refractivity contribution >= 4 is 27.9 Å². The fourth-order valence-electron chi connectivity index (χ4n) is 3.22. The largest absolute Gasteiger partial charge is 0.459 e.